The number of rotatable bonds is 2. The lowest BCUT2D eigenvalue weighted by atomic mass is 9.47. The van der Waals surface area contributed by atoms with Crippen molar-refractivity contribution in [3.05, 3.63) is 71.8 Å². The Labute approximate surface area is 118 Å². The number of ketones is 2. The Morgan fingerprint density at radius 2 is 1.00 bits per heavy atom. The van der Waals surface area contributed by atoms with Crippen LogP contribution in [0.4, 0.5) is 0 Å². The van der Waals surface area contributed by atoms with E-state index in [1.165, 1.54) is 0 Å². The summed E-state index contributed by atoms with van der Waals surface area (Å²) in [5.74, 6) is -0.0419. The van der Waals surface area contributed by atoms with Gasteiger partial charge in [-0.1, -0.05) is 60.7 Å². The van der Waals surface area contributed by atoms with Crippen LogP contribution in [0.5, 0.6) is 0 Å². The number of hydrogen-bond donors (Lipinski definition) is 0. The predicted molar refractivity (Wildman–Crippen MR) is 77.5 cm³/mol. The first kappa shape index (κ1) is 12.8. The molecule has 3 rings (SSSR count). The Morgan fingerprint density at radius 3 is 1.35 bits per heavy atom. The zero-order valence-corrected chi connectivity index (χ0v) is 11.6. The van der Waals surface area contributed by atoms with Crippen LogP contribution < -0.4 is 0 Å². The minimum Gasteiger partial charge on any atom is -0.297 e. The van der Waals surface area contributed by atoms with Crippen LogP contribution in [-0.4, -0.2) is 11.6 Å². The van der Waals surface area contributed by atoms with Crippen molar-refractivity contribution in [3.63, 3.8) is 0 Å². The van der Waals surface area contributed by atoms with Crippen LogP contribution >= 0.6 is 0 Å². The molecule has 0 amide bonds. The first-order valence-electron chi connectivity index (χ1n) is 6.73. The van der Waals surface area contributed by atoms with Crippen LogP contribution in [0.3, 0.4) is 0 Å². The van der Waals surface area contributed by atoms with Crippen molar-refractivity contribution in [1.82, 2.24) is 0 Å². The fourth-order valence-electron chi connectivity index (χ4n) is 3.15. The van der Waals surface area contributed by atoms with Gasteiger partial charge in [-0.05, 0) is 25.0 Å². The van der Waals surface area contributed by atoms with Gasteiger partial charge in [0.25, 0.3) is 0 Å². The van der Waals surface area contributed by atoms with Crippen LogP contribution in [0, 0.1) is 5.41 Å². The van der Waals surface area contributed by atoms with Crippen LogP contribution in [-0.2, 0) is 15.0 Å². The molecule has 100 valence electrons. The van der Waals surface area contributed by atoms with Gasteiger partial charge in [0.05, 0.1) is 5.41 Å². The standard InChI is InChI=1S/C18H16O2/c1-17(2)15(19)18(16(17)20,13-9-5-3-6-10-13)14-11-7-4-8-12-14/h3-12H,1-2H3. The lowest BCUT2D eigenvalue weighted by Crippen LogP contribution is -2.67. The Balaban J connectivity index is 2.27. The average Bonchev–Trinajstić information content (AvgIpc) is 2.50. The monoisotopic (exact) mass is 264 g/mol. The van der Waals surface area contributed by atoms with E-state index in [2.05, 4.69) is 0 Å². The molecule has 0 saturated heterocycles. The summed E-state index contributed by atoms with van der Waals surface area (Å²) < 4.78 is 0. The number of hydrogen-bond acceptors (Lipinski definition) is 2. The molecule has 1 fully saturated rings. The molecule has 0 N–H and O–H groups in total. The molecule has 2 aromatic rings. The molecule has 0 radical (unpaired) electrons. The maximum Gasteiger partial charge on any atom is 0.168 e. The summed E-state index contributed by atoms with van der Waals surface area (Å²) in [7, 11) is 0. The molecule has 1 saturated carbocycles. The van der Waals surface area contributed by atoms with E-state index < -0.39 is 10.8 Å². The second-order valence-corrected chi connectivity index (χ2v) is 5.77. The molecule has 2 aromatic carbocycles. The van der Waals surface area contributed by atoms with E-state index in [1.807, 2.05) is 60.7 Å². The van der Waals surface area contributed by atoms with Crippen LogP contribution in [0.15, 0.2) is 60.7 Å². The number of Topliss-reactive ketones (excluding diaryl/α,β-unsaturated/α-hetero) is 2. The van der Waals surface area contributed by atoms with Crippen molar-refractivity contribution in [2.24, 2.45) is 5.41 Å². The minimum absolute atomic E-state index is 0.0209. The molecule has 0 unspecified atom stereocenters. The van der Waals surface area contributed by atoms with Crippen LogP contribution in [0.2, 0.25) is 0 Å². The predicted octanol–water partition coefficient (Wildman–Crippen LogP) is 3.15. The summed E-state index contributed by atoms with van der Waals surface area (Å²) in [4.78, 5) is 25.6. The molecule has 0 atom stereocenters. The number of benzene rings is 2. The van der Waals surface area contributed by atoms with Crippen molar-refractivity contribution >= 4 is 11.6 Å². The quantitative estimate of drug-likeness (QED) is 0.781. The maximum atomic E-state index is 12.8. The summed E-state index contributed by atoms with van der Waals surface area (Å²) in [6.07, 6.45) is 0. The molecule has 1 aliphatic carbocycles. The summed E-state index contributed by atoms with van der Waals surface area (Å²) in [5.41, 5.74) is -0.487. The SMILES string of the molecule is CC1(C)C(=O)C(c2ccccc2)(c2ccccc2)C1=O. The molecule has 0 spiro atoms. The summed E-state index contributed by atoms with van der Waals surface area (Å²) >= 11 is 0. The van der Waals surface area contributed by atoms with E-state index in [-0.39, 0.29) is 11.6 Å². The van der Waals surface area contributed by atoms with Crippen molar-refractivity contribution in [3.8, 4) is 0 Å². The fourth-order valence-corrected chi connectivity index (χ4v) is 3.15. The topological polar surface area (TPSA) is 34.1 Å². The average molecular weight is 264 g/mol. The Hall–Kier alpha value is -2.22. The molecular weight excluding hydrogens is 248 g/mol. The van der Waals surface area contributed by atoms with Crippen molar-refractivity contribution < 1.29 is 9.59 Å². The van der Waals surface area contributed by atoms with Gasteiger partial charge in [0.2, 0.25) is 0 Å². The van der Waals surface area contributed by atoms with Gasteiger partial charge in [-0.3, -0.25) is 9.59 Å². The van der Waals surface area contributed by atoms with Crippen molar-refractivity contribution in [2.75, 3.05) is 0 Å². The molecule has 0 bridgehead atoms. The third-order valence-electron chi connectivity index (χ3n) is 4.23. The lowest BCUT2D eigenvalue weighted by Gasteiger charge is -2.49. The van der Waals surface area contributed by atoms with Crippen LogP contribution in [0.25, 0.3) is 0 Å². The highest BCUT2D eigenvalue weighted by atomic mass is 16.2. The number of carbonyl (C=O) groups is 2. The third kappa shape index (κ3) is 1.39. The molecule has 1 aliphatic rings. The van der Waals surface area contributed by atoms with E-state index >= 15 is 0 Å². The van der Waals surface area contributed by atoms with Gasteiger partial charge in [0.1, 0.15) is 5.41 Å². The van der Waals surface area contributed by atoms with Gasteiger partial charge in [0, 0.05) is 0 Å². The van der Waals surface area contributed by atoms with E-state index in [1.54, 1.807) is 13.8 Å². The highest BCUT2D eigenvalue weighted by molar-refractivity contribution is 6.36. The normalized spacial score (nSPS) is 19.5. The second-order valence-electron chi connectivity index (χ2n) is 5.77. The van der Waals surface area contributed by atoms with E-state index in [9.17, 15) is 9.59 Å². The van der Waals surface area contributed by atoms with Gasteiger partial charge < -0.3 is 0 Å². The Kier molecular flexibility index (Phi) is 2.65. The first-order valence-corrected chi connectivity index (χ1v) is 6.73. The minimum atomic E-state index is -1.12. The number of carbonyl (C=O) groups excluding carboxylic acids is 2. The summed E-state index contributed by atoms with van der Waals surface area (Å²) in [6, 6.07) is 18.7. The third-order valence-corrected chi connectivity index (χ3v) is 4.23. The Morgan fingerprint density at radius 1 is 0.650 bits per heavy atom. The molecule has 20 heavy (non-hydrogen) atoms. The molecular formula is C18H16O2. The fraction of sp³-hybridized carbons (Fsp3) is 0.222. The molecule has 2 nitrogen and oxygen atoms in total. The van der Waals surface area contributed by atoms with Gasteiger partial charge in [-0.2, -0.15) is 0 Å². The van der Waals surface area contributed by atoms with Gasteiger partial charge >= 0.3 is 0 Å². The van der Waals surface area contributed by atoms with E-state index in [4.69, 9.17) is 0 Å². The largest absolute Gasteiger partial charge is 0.297 e. The zero-order valence-electron chi connectivity index (χ0n) is 11.6. The lowest BCUT2D eigenvalue weighted by molar-refractivity contribution is -0.158. The van der Waals surface area contributed by atoms with Gasteiger partial charge in [0.15, 0.2) is 11.6 Å². The molecule has 0 aliphatic heterocycles. The van der Waals surface area contributed by atoms with E-state index in [0.29, 0.717) is 0 Å². The zero-order chi connectivity index (χ0) is 14.4. The van der Waals surface area contributed by atoms with E-state index in [0.717, 1.165) is 11.1 Å². The molecule has 0 aromatic heterocycles. The summed E-state index contributed by atoms with van der Waals surface area (Å²) in [5, 5.41) is 0. The summed E-state index contributed by atoms with van der Waals surface area (Å²) in [6.45, 7) is 3.42. The van der Waals surface area contributed by atoms with Crippen molar-refractivity contribution in [1.29, 1.82) is 0 Å². The van der Waals surface area contributed by atoms with Gasteiger partial charge in [-0.25, -0.2) is 0 Å². The highest BCUT2D eigenvalue weighted by Crippen LogP contribution is 2.52. The first-order chi connectivity index (χ1) is 9.52. The Bertz CT molecular complexity index is 610. The molecule has 0 heterocycles. The highest BCUT2D eigenvalue weighted by Gasteiger charge is 2.68. The maximum absolute atomic E-state index is 12.8. The van der Waals surface area contributed by atoms with Gasteiger partial charge in [-0.15, -0.1) is 0 Å². The van der Waals surface area contributed by atoms with Crippen LogP contribution in [0.1, 0.15) is 25.0 Å². The molecule has 2 heteroatoms. The smallest absolute Gasteiger partial charge is 0.168 e. The van der Waals surface area contributed by atoms with Crippen molar-refractivity contribution in [2.45, 2.75) is 19.3 Å². The second kappa shape index (κ2) is 4.14.